The Morgan fingerprint density at radius 1 is 1.39 bits per heavy atom. The summed E-state index contributed by atoms with van der Waals surface area (Å²) in [6.45, 7) is 2.77. The average Bonchev–Trinajstić information content (AvgIpc) is 3.08. The van der Waals surface area contributed by atoms with Crippen molar-refractivity contribution in [3.8, 4) is 5.75 Å². The summed E-state index contributed by atoms with van der Waals surface area (Å²) < 4.78 is 5.46. The maximum atomic E-state index is 11.7. The number of halogens is 1. The molecule has 18 heavy (non-hydrogen) atoms. The largest absolute Gasteiger partial charge is 0.494 e. The topological polar surface area (TPSA) is 64.3 Å². The van der Waals surface area contributed by atoms with Gasteiger partial charge in [0.05, 0.1) is 12.1 Å². The predicted octanol–water partition coefficient (Wildman–Crippen LogP) is 2.33. The molecule has 0 bridgehead atoms. The van der Waals surface area contributed by atoms with Crippen LogP contribution in [0.15, 0.2) is 24.3 Å². The highest BCUT2D eigenvalue weighted by molar-refractivity contribution is 6.00. The third-order valence-electron chi connectivity index (χ3n) is 2.83. The van der Waals surface area contributed by atoms with E-state index >= 15 is 0 Å². The first-order valence-corrected chi connectivity index (χ1v) is 5.97. The van der Waals surface area contributed by atoms with Crippen molar-refractivity contribution in [1.82, 2.24) is 0 Å². The van der Waals surface area contributed by atoms with E-state index < -0.39 is 5.54 Å². The number of nitrogens with two attached hydrogens (primary N) is 1. The Balaban J connectivity index is 0.00000162. The molecule has 1 saturated carbocycles. The van der Waals surface area contributed by atoms with E-state index in [4.69, 9.17) is 10.5 Å². The van der Waals surface area contributed by atoms with Crippen molar-refractivity contribution in [3.63, 3.8) is 0 Å². The van der Waals surface area contributed by atoms with Gasteiger partial charge in [-0.25, -0.2) is 0 Å². The van der Waals surface area contributed by atoms with E-state index in [9.17, 15) is 4.79 Å². The van der Waals surface area contributed by atoms with Gasteiger partial charge < -0.3 is 15.8 Å². The van der Waals surface area contributed by atoms with Crippen molar-refractivity contribution in [2.45, 2.75) is 31.7 Å². The number of anilines is 1. The highest BCUT2D eigenvalue weighted by Gasteiger charge is 2.45. The van der Waals surface area contributed by atoms with Crippen molar-refractivity contribution < 1.29 is 9.53 Å². The molecule has 1 amide bonds. The first-order chi connectivity index (χ1) is 8.14. The van der Waals surface area contributed by atoms with E-state index in [1.54, 1.807) is 0 Å². The fourth-order valence-corrected chi connectivity index (χ4v) is 1.47. The van der Waals surface area contributed by atoms with Gasteiger partial charge in [0.15, 0.2) is 0 Å². The van der Waals surface area contributed by atoms with E-state index in [-0.39, 0.29) is 18.3 Å². The molecular weight excluding hydrogens is 252 g/mol. The van der Waals surface area contributed by atoms with Crippen LogP contribution in [0.4, 0.5) is 5.69 Å². The molecule has 0 aliphatic heterocycles. The van der Waals surface area contributed by atoms with Crippen LogP contribution in [0.1, 0.15) is 26.2 Å². The van der Waals surface area contributed by atoms with Gasteiger partial charge >= 0.3 is 0 Å². The molecule has 1 fully saturated rings. The lowest BCUT2D eigenvalue weighted by molar-refractivity contribution is -0.118. The van der Waals surface area contributed by atoms with Crippen LogP contribution in [0, 0.1) is 0 Å². The lowest BCUT2D eigenvalue weighted by Gasteiger charge is -2.10. The Hall–Kier alpha value is -1.26. The molecule has 0 unspecified atom stereocenters. The zero-order chi connectivity index (χ0) is 12.3. The number of nitrogens with one attached hydrogen (secondary N) is 1. The Morgan fingerprint density at radius 2 is 2.00 bits per heavy atom. The quantitative estimate of drug-likeness (QED) is 0.863. The molecule has 1 aromatic rings. The van der Waals surface area contributed by atoms with Gasteiger partial charge in [0.1, 0.15) is 5.75 Å². The number of ether oxygens (including phenoxy) is 1. The maximum Gasteiger partial charge on any atom is 0.244 e. The van der Waals surface area contributed by atoms with Crippen LogP contribution >= 0.6 is 12.4 Å². The summed E-state index contributed by atoms with van der Waals surface area (Å²) in [6, 6.07) is 7.35. The second-order valence-electron chi connectivity index (χ2n) is 4.48. The number of rotatable bonds is 5. The fraction of sp³-hybridized carbons (Fsp3) is 0.462. The molecule has 0 aromatic heterocycles. The third-order valence-corrected chi connectivity index (χ3v) is 2.83. The minimum Gasteiger partial charge on any atom is -0.494 e. The number of hydrogen-bond acceptors (Lipinski definition) is 3. The zero-order valence-electron chi connectivity index (χ0n) is 10.4. The van der Waals surface area contributed by atoms with Crippen LogP contribution < -0.4 is 15.8 Å². The molecule has 0 spiro atoms. The fourth-order valence-electron chi connectivity index (χ4n) is 1.47. The molecule has 5 heteroatoms. The minimum absolute atomic E-state index is 0. The summed E-state index contributed by atoms with van der Waals surface area (Å²) in [5.41, 5.74) is 5.93. The predicted molar refractivity (Wildman–Crippen MR) is 74.3 cm³/mol. The lowest BCUT2D eigenvalue weighted by Crippen LogP contribution is -2.37. The minimum atomic E-state index is -0.628. The number of carbonyl (C=O) groups is 1. The molecular formula is C13H19ClN2O2. The van der Waals surface area contributed by atoms with Gasteiger partial charge in [-0.05, 0) is 43.5 Å². The average molecular weight is 271 g/mol. The molecule has 0 atom stereocenters. The van der Waals surface area contributed by atoms with E-state index in [1.807, 2.05) is 24.3 Å². The summed E-state index contributed by atoms with van der Waals surface area (Å²) in [7, 11) is 0. The molecule has 0 radical (unpaired) electrons. The standard InChI is InChI=1S/C13H18N2O2.ClH/c1-2-9-17-11-5-3-10(4-6-11)15-12(16)13(14)7-8-13;/h3-6H,2,7-9,14H2,1H3,(H,15,16);1H. The first-order valence-electron chi connectivity index (χ1n) is 5.97. The molecule has 1 aliphatic rings. The van der Waals surface area contributed by atoms with Gasteiger partial charge in [-0.2, -0.15) is 0 Å². The summed E-state index contributed by atoms with van der Waals surface area (Å²) in [4.78, 5) is 11.7. The van der Waals surface area contributed by atoms with Crippen molar-refractivity contribution in [3.05, 3.63) is 24.3 Å². The summed E-state index contributed by atoms with van der Waals surface area (Å²) in [5, 5.41) is 2.81. The molecule has 0 heterocycles. The van der Waals surface area contributed by atoms with Crippen molar-refractivity contribution in [2.24, 2.45) is 5.73 Å². The molecule has 100 valence electrons. The van der Waals surface area contributed by atoms with Gasteiger partial charge in [0.25, 0.3) is 0 Å². The monoisotopic (exact) mass is 270 g/mol. The number of amides is 1. The normalized spacial score (nSPS) is 15.4. The van der Waals surface area contributed by atoms with Gasteiger partial charge in [-0.1, -0.05) is 6.92 Å². The Kier molecular flexibility index (Phi) is 4.99. The molecule has 0 saturated heterocycles. The van der Waals surface area contributed by atoms with Crippen LogP contribution in [0.25, 0.3) is 0 Å². The van der Waals surface area contributed by atoms with Crippen LogP contribution in [0.3, 0.4) is 0 Å². The van der Waals surface area contributed by atoms with E-state index in [0.29, 0.717) is 6.61 Å². The highest BCUT2D eigenvalue weighted by atomic mass is 35.5. The molecule has 4 nitrogen and oxygen atoms in total. The molecule has 2 rings (SSSR count). The third kappa shape index (κ3) is 3.62. The summed E-state index contributed by atoms with van der Waals surface area (Å²) in [5.74, 6) is 0.721. The van der Waals surface area contributed by atoms with Crippen LogP contribution in [0.2, 0.25) is 0 Å². The molecule has 1 aliphatic carbocycles. The van der Waals surface area contributed by atoms with Gasteiger partial charge in [-0.15, -0.1) is 12.4 Å². The van der Waals surface area contributed by atoms with Crippen molar-refractivity contribution >= 4 is 24.0 Å². The van der Waals surface area contributed by atoms with Crippen molar-refractivity contribution in [1.29, 1.82) is 0 Å². The number of benzene rings is 1. The van der Waals surface area contributed by atoms with E-state index in [0.717, 1.165) is 30.7 Å². The Labute approximate surface area is 113 Å². The van der Waals surface area contributed by atoms with Crippen LogP contribution in [-0.2, 0) is 4.79 Å². The maximum absolute atomic E-state index is 11.7. The second kappa shape index (κ2) is 6.07. The lowest BCUT2D eigenvalue weighted by atomic mass is 10.2. The van der Waals surface area contributed by atoms with E-state index in [2.05, 4.69) is 12.2 Å². The van der Waals surface area contributed by atoms with E-state index in [1.165, 1.54) is 0 Å². The summed E-state index contributed by atoms with van der Waals surface area (Å²) in [6.07, 6.45) is 2.53. The molecule has 3 N–H and O–H groups in total. The smallest absolute Gasteiger partial charge is 0.244 e. The van der Waals surface area contributed by atoms with Crippen molar-refractivity contribution in [2.75, 3.05) is 11.9 Å². The van der Waals surface area contributed by atoms with Gasteiger partial charge in [0, 0.05) is 5.69 Å². The first kappa shape index (κ1) is 14.8. The number of hydrogen-bond donors (Lipinski definition) is 2. The zero-order valence-corrected chi connectivity index (χ0v) is 11.3. The Bertz CT molecular complexity index is 402. The van der Waals surface area contributed by atoms with Crippen LogP contribution in [0.5, 0.6) is 5.75 Å². The highest BCUT2D eigenvalue weighted by Crippen LogP contribution is 2.33. The second-order valence-corrected chi connectivity index (χ2v) is 4.48. The number of carbonyl (C=O) groups excluding carboxylic acids is 1. The van der Waals surface area contributed by atoms with Gasteiger partial charge in [-0.3, -0.25) is 4.79 Å². The van der Waals surface area contributed by atoms with Gasteiger partial charge in [0.2, 0.25) is 5.91 Å². The molecule has 1 aromatic carbocycles. The SMILES string of the molecule is CCCOc1ccc(NC(=O)C2(N)CC2)cc1.Cl. The Morgan fingerprint density at radius 3 is 2.50 bits per heavy atom. The summed E-state index contributed by atoms with van der Waals surface area (Å²) >= 11 is 0. The van der Waals surface area contributed by atoms with Crippen LogP contribution in [-0.4, -0.2) is 18.1 Å².